The molecule has 0 aromatic heterocycles. The highest BCUT2D eigenvalue weighted by molar-refractivity contribution is 5.71. The first kappa shape index (κ1) is 43.1. The number of hydrogen-bond donors (Lipinski definition) is 2. The fraction of sp³-hybridized carbons (Fsp3) is 0.644. The summed E-state index contributed by atoms with van der Waals surface area (Å²) in [7, 11) is 0. The highest BCUT2D eigenvalue weighted by atomic mass is 16.5. The van der Waals surface area contributed by atoms with Crippen LogP contribution in [0.4, 0.5) is 0 Å². The Hall–Kier alpha value is -3.32. The summed E-state index contributed by atoms with van der Waals surface area (Å²) < 4.78 is 11.7. The van der Waals surface area contributed by atoms with E-state index in [1.165, 1.54) is 0 Å². The summed E-state index contributed by atoms with van der Waals surface area (Å²) in [4.78, 5) is 28.4. The molecule has 0 radical (unpaired) electrons. The van der Waals surface area contributed by atoms with E-state index >= 15 is 0 Å². The van der Waals surface area contributed by atoms with Crippen LogP contribution < -0.4 is 0 Å². The number of carbonyl (C=O) groups excluding carboxylic acids is 2. The van der Waals surface area contributed by atoms with Crippen LogP contribution in [0.2, 0.25) is 0 Å². The molecule has 0 spiro atoms. The lowest BCUT2D eigenvalue weighted by molar-refractivity contribution is -0.146. The van der Waals surface area contributed by atoms with Gasteiger partial charge in [0.15, 0.2) is 0 Å². The van der Waals surface area contributed by atoms with Gasteiger partial charge < -0.3 is 19.7 Å². The third-order valence-corrected chi connectivity index (χ3v) is 10.2. The zero-order valence-electron chi connectivity index (χ0n) is 35.3. The molecule has 0 saturated heterocycles. The maximum atomic E-state index is 13.2. The molecule has 2 aromatic rings. The lowest BCUT2D eigenvalue weighted by Gasteiger charge is -2.50. The summed E-state index contributed by atoms with van der Waals surface area (Å²) in [6.07, 6.45) is 4.10. The topological polar surface area (TPSA) is 96.3 Å². The predicted molar refractivity (Wildman–Crippen MR) is 212 cm³/mol. The van der Waals surface area contributed by atoms with Crippen LogP contribution in [0.25, 0.3) is 0 Å². The standard InChI is InChI=1S/C45H69NO6/c1-40(2,3)32-23-29(24-33(38(32)49)41(4,5)6)17-19-36(47)51-22-21-46-44(13,14)27-31(28-45(46,15)16)52-37(48)20-18-30-25-34(42(7,8)9)39(50)35(26-30)43(10,11)12/h23-27,49-50H,17-22,28H2,1-16H3. The Balaban J connectivity index is 1.62. The van der Waals surface area contributed by atoms with E-state index in [9.17, 15) is 19.8 Å². The van der Waals surface area contributed by atoms with Crippen LogP contribution >= 0.6 is 0 Å². The first-order chi connectivity index (χ1) is 23.4. The van der Waals surface area contributed by atoms with Gasteiger partial charge in [-0.05, 0) is 102 Å². The van der Waals surface area contributed by atoms with E-state index in [0.717, 1.165) is 33.4 Å². The van der Waals surface area contributed by atoms with Crippen LogP contribution in [-0.2, 0) is 53.6 Å². The van der Waals surface area contributed by atoms with Crippen molar-refractivity contribution >= 4 is 11.9 Å². The number of aromatic hydroxyl groups is 2. The number of nitrogens with zero attached hydrogens (tertiary/aromatic N) is 1. The van der Waals surface area contributed by atoms with Gasteiger partial charge in [-0.25, -0.2) is 0 Å². The first-order valence-electron chi connectivity index (χ1n) is 19.0. The Morgan fingerprint density at radius 1 is 0.654 bits per heavy atom. The fourth-order valence-electron chi connectivity index (χ4n) is 7.46. The Bertz CT molecular complexity index is 1580. The molecule has 0 amide bonds. The van der Waals surface area contributed by atoms with Crippen molar-refractivity contribution in [3.8, 4) is 11.5 Å². The summed E-state index contributed by atoms with van der Waals surface area (Å²) in [5, 5.41) is 22.1. The molecule has 2 aromatic carbocycles. The number of benzene rings is 2. The summed E-state index contributed by atoms with van der Waals surface area (Å²) in [5.74, 6) is 0.798. The molecule has 1 heterocycles. The van der Waals surface area contributed by atoms with Gasteiger partial charge in [0.2, 0.25) is 0 Å². The number of rotatable bonds is 10. The average molecular weight is 720 g/mol. The molecule has 7 heteroatoms. The maximum absolute atomic E-state index is 13.2. The molecule has 7 nitrogen and oxygen atoms in total. The second kappa shape index (κ2) is 15.2. The van der Waals surface area contributed by atoms with Crippen molar-refractivity contribution in [3.63, 3.8) is 0 Å². The highest BCUT2D eigenvalue weighted by Gasteiger charge is 2.42. The molecule has 0 aliphatic carbocycles. The largest absolute Gasteiger partial charge is 0.507 e. The summed E-state index contributed by atoms with van der Waals surface area (Å²) >= 11 is 0. The third-order valence-electron chi connectivity index (χ3n) is 10.2. The molecule has 52 heavy (non-hydrogen) atoms. The molecule has 3 rings (SSSR count). The first-order valence-corrected chi connectivity index (χ1v) is 19.0. The van der Waals surface area contributed by atoms with Crippen molar-refractivity contribution < 1.29 is 29.3 Å². The maximum Gasteiger partial charge on any atom is 0.311 e. The molecule has 0 saturated carbocycles. The number of carbonyl (C=O) groups is 2. The Morgan fingerprint density at radius 2 is 1.02 bits per heavy atom. The van der Waals surface area contributed by atoms with Crippen molar-refractivity contribution in [1.29, 1.82) is 0 Å². The van der Waals surface area contributed by atoms with Crippen molar-refractivity contribution in [2.24, 2.45) is 0 Å². The summed E-state index contributed by atoms with van der Waals surface area (Å²) in [5.41, 5.74) is 3.83. The SMILES string of the molecule is CC(C)(C)c1cc(CCC(=O)OCCN2C(C)(C)C=C(OC(=O)CCc3cc(C(C)(C)C)c(O)c(C(C)(C)C)c3)CC2(C)C)cc(C(C)(C)C)c1O. The molecule has 2 N–H and O–H groups in total. The minimum absolute atomic E-state index is 0.231. The van der Waals surface area contributed by atoms with Gasteiger partial charge in [-0.1, -0.05) is 107 Å². The normalized spacial score (nSPS) is 16.7. The minimum Gasteiger partial charge on any atom is -0.507 e. The summed E-state index contributed by atoms with van der Waals surface area (Å²) in [6, 6.07) is 8.08. The highest BCUT2D eigenvalue weighted by Crippen LogP contribution is 2.42. The number of aryl methyl sites for hydroxylation is 2. The minimum atomic E-state index is -0.442. The van der Waals surface area contributed by atoms with E-state index in [1.807, 2.05) is 30.3 Å². The fourth-order valence-corrected chi connectivity index (χ4v) is 7.46. The quantitative estimate of drug-likeness (QED) is 0.236. The van der Waals surface area contributed by atoms with E-state index in [4.69, 9.17) is 9.47 Å². The van der Waals surface area contributed by atoms with Gasteiger partial charge in [0, 0.05) is 36.9 Å². The molecular formula is C45H69NO6. The van der Waals surface area contributed by atoms with E-state index in [-0.39, 0.29) is 58.6 Å². The molecule has 290 valence electrons. The van der Waals surface area contributed by atoms with E-state index in [1.54, 1.807) is 0 Å². The van der Waals surface area contributed by atoms with Gasteiger partial charge in [0.05, 0.1) is 0 Å². The average Bonchev–Trinajstić information content (AvgIpc) is 2.94. The molecule has 1 aliphatic rings. The zero-order valence-corrected chi connectivity index (χ0v) is 35.3. The van der Waals surface area contributed by atoms with Gasteiger partial charge in [0.25, 0.3) is 0 Å². The number of phenols is 2. The number of esters is 2. The molecule has 0 atom stereocenters. The second-order valence-electron chi connectivity index (χ2n) is 20.2. The molecular weight excluding hydrogens is 650 g/mol. The number of phenolic OH excluding ortho intramolecular Hbond substituents is 2. The molecule has 0 unspecified atom stereocenters. The van der Waals surface area contributed by atoms with Gasteiger partial charge in [-0.15, -0.1) is 0 Å². The van der Waals surface area contributed by atoms with Crippen molar-refractivity contribution in [1.82, 2.24) is 4.90 Å². The predicted octanol–water partition coefficient (Wildman–Crippen LogP) is 10.1. The van der Waals surface area contributed by atoms with Crippen molar-refractivity contribution in [3.05, 3.63) is 69.5 Å². The van der Waals surface area contributed by atoms with Crippen LogP contribution in [0, 0.1) is 0 Å². The smallest absolute Gasteiger partial charge is 0.311 e. The van der Waals surface area contributed by atoms with Crippen LogP contribution in [0.5, 0.6) is 11.5 Å². The number of ether oxygens (including phenoxy) is 2. The van der Waals surface area contributed by atoms with Gasteiger partial charge >= 0.3 is 11.9 Å². The Labute approximate surface area is 315 Å². The Morgan fingerprint density at radius 3 is 1.37 bits per heavy atom. The zero-order chi connectivity index (χ0) is 39.8. The van der Waals surface area contributed by atoms with Crippen LogP contribution in [0.1, 0.15) is 163 Å². The van der Waals surface area contributed by atoms with Gasteiger partial charge in [-0.2, -0.15) is 0 Å². The Kier molecular flexibility index (Phi) is 12.6. The molecule has 0 bridgehead atoms. The third kappa shape index (κ3) is 10.9. The number of hydrogen-bond acceptors (Lipinski definition) is 7. The van der Waals surface area contributed by atoms with Gasteiger partial charge in [0.1, 0.15) is 23.9 Å². The van der Waals surface area contributed by atoms with E-state index in [2.05, 4.69) is 116 Å². The molecule has 0 fully saturated rings. The van der Waals surface area contributed by atoms with Crippen molar-refractivity contribution in [2.45, 2.75) is 176 Å². The van der Waals surface area contributed by atoms with E-state index in [0.29, 0.717) is 43.1 Å². The second-order valence-corrected chi connectivity index (χ2v) is 20.2. The van der Waals surface area contributed by atoms with Crippen LogP contribution in [0.3, 0.4) is 0 Å². The van der Waals surface area contributed by atoms with E-state index < -0.39 is 5.54 Å². The summed E-state index contributed by atoms with van der Waals surface area (Å²) in [6.45, 7) is 34.3. The van der Waals surface area contributed by atoms with Gasteiger partial charge in [-0.3, -0.25) is 14.5 Å². The van der Waals surface area contributed by atoms with Crippen LogP contribution in [-0.4, -0.2) is 51.3 Å². The van der Waals surface area contributed by atoms with Crippen LogP contribution in [0.15, 0.2) is 36.1 Å². The molecule has 1 aliphatic heterocycles. The van der Waals surface area contributed by atoms with Crippen molar-refractivity contribution in [2.75, 3.05) is 13.2 Å². The monoisotopic (exact) mass is 720 g/mol. The lowest BCUT2D eigenvalue weighted by atomic mass is 9.78. The lowest BCUT2D eigenvalue weighted by Crippen LogP contribution is -2.58.